The van der Waals surface area contributed by atoms with E-state index in [-0.39, 0.29) is 28.2 Å². The maximum absolute atomic E-state index is 11.4. The van der Waals surface area contributed by atoms with Crippen LogP contribution in [0.5, 0.6) is 0 Å². The molecule has 3 rings (SSSR count). The van der Waals surface area contributed by atoms with E-state index in [1.165, 1.54) is 12.1 Å². The number of rotatable bonds is 2. The minimum atomic E-state index is -1.31. The number of nitro groups is 1. The molecule has 24 heavy (non-hydrogen) atoms. The Kier molecular flexibility index (Phi) is 4.65. The summed E-state index contributed by atoms with van der Waals surface area (Å²) in [6.07, 6.45) is 3.55. The molecule has 0 saturated carbocycles. The number of nitro benzene ring substituents is 1. The number of fused-ring (bicyclic) bond motifs is 1. The summed E-state index contributed by atoms with van der Waals surface area (Å²) in [7, 11) is 0. The molecule has 1 aliphatic heterocycles. The number of halogens is 1. The molecule has 0 fully saturated rings. The van der Waals surface area contributed by atoms with E-state index in [2.05, 4.69) is 4.98 Å². The van der Waals surface area contributed by atoms with Gasteiger partial charge in [-0.1, -0.05) is 4.98 Å². The highest BCUT2D eigenvalue weighted by molar-refractivity contribution is 5.44. The van der Waals surface area contributed by atoms with E-state index in [0.717, 1.165) is 0 Å². The number of hydrogen-bond donors (Lipinski definition) is 1. The van der Waals surface area contributed by atoms with Gasteiger partial charge >= 0.3 is 5.95 Å². The third-order valence-electron chi connectivity index (χ3n) is 3.97. The monoisotopic (exact) mass is 394 g/mol. The fourth-order valence-electron chi connectivity index (χ4n) is 3.10. The van der Waals surface area contributed by atoms with Gasteiger partial charge in [0.25, 0.3) is 5.69 Å². The second kappa shape index (κ2) is 6.10. The minimum absolute atomic E-state index is 0. The number of aliphatic hydroxyl groups is 1. The summed E-state index contributed by atoms with van der Waals surface area (Å²) in [5.41, 5.74) is -1.10. The van der Waals surface area contributed by atoms with E-state index in [0.29, 0.717) is 18.1 Å². The van der Waals surface area contributed by atoms with E-state index >= 15 is 0 Å². The van der Waals surface area contributed by atoms with Crippen molar-refractivity contribution in [1.29, 1.82) is 0 Å². The summed E-state index contributed by atoms with van der Waals surface area (Å²) < 4.78 is 1.88. The first-order valence-corrected chi connectivity index (χ1v) is 7.35. The second-order valence-corrected chi connectivity index (χ2v) is 6.67. The first-order valence-electron chi connectivity index (χ1n) is 7.35. The molecular weight excluding hydrogens is 376 g/mol. The van der Waals surface area contributed by atoms with Gasteiger partial charge in [0.1, 0.15) is 12.7 Å². The molecule has 0 aliphatic carbocycles. The van der Waals surface area contributed by atoms with Crippen molar-refractivity contribution < 1.29 is 31.6 Å². The van der Waals surface area contributed by atoms with E-state index in [9.17, 15) is 15.2 Å². The number of anilines is 1. The van der Waals surface area contributed by atoms with Gasteiger partial charge in [-0.2, -0.15) is 0 Å². The average molecular weight is 395 g/mol. The zero-order valence-electron chi connectivity index (χ0n) is 13.7. The Balaban J connectivity index is 0.00000208. The Morgan fingerprint density at radius 3 is 2.50 bits per heavy atom. The lowest BCUT2D eigenvalue weighted by Crippen LogP contribution is -3.00. The average Bonchev–Trinajstić information content (AvgIpc) is 2.80. The highest BCUT2D eigenvalue weighted by Crippen LogP contribution is 2.39. The fraction of sp³-hybridized carbons (Fsp3) is 0.375. The van der Waals surface area contributed by atoms with Crippen molar-refractivity contribution in [3.63, 3.8) is 0 Å². The maximum atomic E-state index is 11.4. The molecule has 1 atom stereocenters. The summed E-state index contributed by atoms with van der Waals surface area (Å²) in [5, 5.41) is 22.2. The Morgan fingerprint density at radius 2 is 1.96 bits per heavy atom. The van der Waals surface area contributed by atoms with E-state index < -0.39 is 10.6 Å². The second-order valence-electron chi connectivity index (χ2n) is 6.67. The molecule has 0 bridgehead atoms. The Morgan fingerprint density at radius 1 is 1.33 bits per heavy atom. The number of nitrogens with zero attached hydrogens (tertiary/aromatic N) is 4. The molecule has 8 heteroatoms. The van der Waals surface area contributed by atoms with Crippen molar-refractivity contribution in [3.05, 3.63) is 58.4 Å². The molecule has 2 aromatic rings. The number of hydrogen-bond acceptors (Lipinski definition) is 5. The van der Waals surface area contributed by atoms with Crippen molar-refractivity contribution in [2.45, 2.75) is 38.6 Å². The molecule has 1 N–H and O–H groups in total. The first kappa shape index (κ1) is 18.3. The van der Waals surface area contributed by atoms with Gasteiger partial charge in [-0.25, -0.2) is 9.47 Å². The van der Waals surface area contributed by atoms with Crippen molar-refractivity contribution in [3.8, 4) is 0 Å². The van der Waals surface area contributed by atoms with Crippen molar-refractivity contribution >= 4 is 11.6 Å². The summed E-state index contributed by atoms with van der Waals surface area (Å²) in [4.78, 5) is 16.6. The molecule has 7 nitrogen and oxygen atoms in total. The normalized spacial score (nSPS) is 19.6. The summed E-state index contributed by atoms with van der Waals surface area (Å²) in [6, 6.07) is 7.84. The molecular formula is C16H19BrN4O3. The highest BCUT2D eigenvalue weighted by Gasteiger charge is 2.56. The molecule has 1 aromatic heterocycles. The van der Waals surface area contributed by atoms with Gasteiger partial charge in [0.15, 0.2) is 0 Å². The predicted molar refractivity (Wildman–Crippen MR) is 83.7 cm³/mol. The van der Waals surface area contributed by atoms with E-state index in [1.54, 1.807) is 18.3 Å². The molecule has 1 aliphatic rings. The van der Waals surface area contributed by atoms with Crippen LogP contribution in [0.1, 0.15) is 26.3 Å². The molecule has 128 valence electrons. The Labute approximate surface area is 150 Å². The fourth-order valence-corrected chi connectivity index (χ4v) is 3.10. The predicted octanol–water partition coefficient (Wildman–Crippen LogP) is -1.25. The Hall–Kier alpha value is -2.06. The quantitative estimate of drug-likeness (QED) is 0.390. The van der Waals surface area contributed by atoms with Gasteiger partial charge in [-0.3, -0.25) is 10.1 Å². The van der Waals surface area contributed by atoms with Crippen LogP contribution >= 0.6 is 0 Å². The standard InChI is InChI=1S/C16H19N4O3.BrH/c1-15(2,3)19-14-17-9-4-10-18(14)11-16(19,21)12-5-7-13(8-6-12)20(22)23;/h4-10,21H,11H2,1-3H3;1H/q+1;/p-1. The molecule has 1 unspecified atom stereocenters. The van der Waals surface area contributed by atoms with Crippen LogP contribution in [-0.2, 0) is 12.3 Å². The third-order valence-corrected chi connectivity index (χ3v) is 3.97. The lowest BCUT2D eigenvalue weighted by atomic mass is 9.96. The largest absolute Gasteiger partial charge is 1.00 e. The highest BCUT2D eigenvalue weighted by atomic mass is 79.9. The number of benzene rings is 1. The third kappa shape index (κ3) is 2.87. The van der Waals surface area contributed by atoms with Crippen LogP contribution in [0.3, 0.4) is 0 Å². The van der Waals surface area contributed by atoms with Crippen molar-refractivity contribution in [2.24, 2.45) is 0 Å². The van der Waals surface area contributed by atoms with Gasteiger partial charge in [0, 0.05) is 23.8 Å². The summed E-state index contributed by atoms with van der Waals surface area (Å²) in [6.45, 7) is 6.29. The maximum Gasteiger partial charge on any atom is 0.397 e. The van der Waals surface area contributed by atoms with Gasteiger partial charge in [-0.05, 0) is 32.9 Å². The minimum Gasteiger partial charge on any atom is -1.00 e. The topological polar surface area (TPSA) is 83.4 Å². The summed E-state index contributed by atoms with van der Waals surface area (Å²) in [5.74, 6) is 0.667. The van der Waals surface area contributed by atoms with Crippen molar-refractivity contribution in [2.75, 3.05) is 4.90 Å². The van der Waals surface area contributed by atoms with Crippen LogP contribution in [0.25, 0.3) is 0 Å². The molecule has 1 aromatic carbocycles. The van der Waals surface area contributed by atoms with Crippen LogP contribution in [-0.4, -0.2) is 20.6 Å². The zero-order chi connectivity index (χ0) is 16.8. The van der Waals surface area contributed by atoms with Gasteiger partial charge < -0.3 is 22.1 Å². The molecule has 0 radical (unpaired) electrons. The van der Waals surface area contributed by atoms with Crippen LogP contribution in [0, 0.1) is 10.1 Å². The number of aromatic nitrogens is 2. The van der Waals surface area contributed by atoms with Crippen LogP contribution in [0.4, 0.5) is 11.6 Å². The first-order chi connectivity index (χ1) is 10.7. The van der Waals surface area contributed by atoms with Crippen LogP contribution in [0.15, 0.2) is 42.7 Å². The van der Waals surface area contributed by atoms with Gasteiger partial charge in [0.05, 0.1) is 16.7 Å². The lowest BCUT2D eigenvalue weighted by Gasteiger charge is -2.37. The zero-order valence-corrected chi connectivity index (χ0v) is 15.3. The van der Waals surface area contributed by atoms with E-state index in [4.69, 9.17) is 0 Å². The molecule has 2 heterocycles. The summed E-state index contributed by atoms with van der Waals surface area (Å²) >= 11 is 0. The van der Waals surface area contributed by atoms with Gasteiger partial charge in [-0.15, -0.1) is 0 Å². The van der Waals surface area contributed by atoms with Crippen LogP contribution < -0.4 is 26.4 Å². The van der Waals surface area contributed by atoms with E-state index in [1.807, 2.05) is 42.5 Å². The molecule has 0 saturated heterocycles. The van der Waals surface area contributed by atoms with Crippen molar-refractivity contribution in [1.82, 2.24) is 4.98 Å². The lowest BCUT2D eigenvalue weighted by molar-refractivity contribution is -0.685. The smallest absolute Gasteiger partial charge is 0.397 e. The van der Waals surface area contributed by atoms with Crippen LogP contribution in [0.2, 0.25) is 0 Å². The molecule has 0 spiro atoms. The number of non-ortho nitro benzene ring substituents is 1. The molecule has 0 amide bonds. The Bertz CT molecular complexity index is 761. The SMILES string of the molecule is CC(C)(C)N1c2nccc[n+]2CC1(O)c1ccc([N+](=O)[O-])cc1.[Br-]. The van der Waals surface area contributed by atoms with Gasteiger partial charge in [0.2, 0.25) is 5.72 Å².